The lowest BCUT2D eigenvalue weighted by Crippen LogP contribution is -2.46. The van der Waals surface area contributed by atoms with Gasteiger partial charge in [-0.25, -0.2) is 0 Å². The van der Waals surface area contributed by atoms with Crippen molar-refractivity contribution in [1.82, 2.24) is 4.90 Å². The fraction of sp³-hybridized carbons (Fsp3) is 0.833. The summed E-state index contributed by atoms with van der Waals surface area (Å²) in [6.45, 7) is 12.7. The van der Waals surface area contributed by atoms with Gasteiger partial charge in [-0.3, -0.25) is 0 Å². The monoisotopic (exact) mass is 212 g/mol. The lowest BCUT2D eigenvalue weighted by Gasteiger charge is -2.34. The number of ether oxygens (including phenoxy) is 1. The third-order valence-electron chi connectivity index (χ3n) is 2.96. The summed E-state index contributed by atoms with van der Waals surface area (Å²) in [6, 6.07) is 0.387. The van der Waals surface area contributed by atoms with Gasteiger partial charge in [-0.2, -0.15) is 0 Å². The second kappa shape index (κ2) is 6.26. The Morgan fingerprint density at radius 2 is 2.33 bits per heavy atom. The predicted octanol–water partition coefficient (Wildman–Crippen LogP) is 1.25. The Labute approximate surface area is 93.3 Å². The molecule has 1 aliphatic heterocycles. The van der Waals surface area contributed by atoms with Gasteiger partial charge >= 0.3 is 0 Å². The minimum Gasteiger partial charge on any atom is -0.376 e. The summed E-state index contributed by atoms with van der Waals surface area (Å²) >= 11 is 0. The van der Waals surface area contributed by atoms with Gasteiger partial charge in [-0.05, 0) is 25.8 Å². The summed E-state index contributed by atoms with van der Waals surface area (Å²) in [5.41, 5.74) is 7.05. The molecule has 0 saturated carbocycles. The van der Waals surface area contributed by atoms with Crippen LogP contribution < -0.4 is 5.73 Å². The third-order valence-corrected chi connectivity index (χ3v) is 2.96. The van der Waals surface area contributed by atoms with Gasteiger partial charge in [-0.15, -0.1) is 0 Å². The lowest BCUT2D eigenvalue weighted by molar-refractivity contribution is 0.0933. The molecule has 1 rings (SSSR count). The molecule has 0 aromatic heterocycles. The highest BCUT2D eigenvalue weighted by molar-refractivity contribution is 4.87. The van der Waals surface area contributed by atoms with Crippen LogP contribution in [0.25, 0.3) is 0 Å². The minimum absolute atomic E-state index is 0.387. The van der Waals surface area contributed by atoms with E-state index < -0.39 is 0 Å². The van der Waals surface area contributed by atoms with Crippen LogP contribution in [0.2, 0.25) is 0 Å². The van der Waals surface area contributed by atoms with Crippen molar-refractivity contribution in [3.8, 4) is 0 Å². The van der Waals surface area contributed by atoms with Crippen LogP contribution in [0, 0.1) is 5.92 Å². The van der Waals surface area contributed by atoms with Crippen LogP contribution in [0.5, 0.6) is 0 Å². The summed E-state index contributed by atoms with van der Waals surface area (Å²) in [5, 5.41) is 0. The molecule has 3 nitrogen and oxygen atoms in total. The van der Waals surface area contributed by atoms with Gasteiger partial charge in [0.25, 0.3) is 0 Å². The van der Waals surface area contributed by atoms with Crippen molar-refractivity contribution in [2.45, 2.75) is 26.3 Å². The maximum atomic E-state index is 5.97. The van der Waals surface area contributed by atoms with Crippen LogP contribution in [0.4, 0.5) is 0 Å². The molecule has 88 valence electrons. The fourth-order valence-corrected chi connectivity index (χ4v) is 1.89. The zero-order chi connectivity index (χ0) is 11.3. The van der Waals surface area contributed by atoms with Gasteiger partial charge in [0.2, 0.25) is 0 Å². The minimum atomic E-state index is 0.387. The van der Waals surface area contributed by atoms with E-state index in [4.69, 9.17) is 10.5 Å². The Morgan fingerprint density at radius 3 is 2.93 bits per heavy atom. The van der Waals surface area contributed by atoms with Crippen LogP contribution in [0.15, 0.2) is 12.2 Å². The molecule has 3 heteroatoms. The topological polar surface area (TPSA) is 38.5 Å². The van der Waals surface area contributed by atoms with Gasteiger partial charge in [-0.1, -0.05) is 19.1 Å². The highest BCUT2D eigenvalue weighted by Crippen LogP contribution is 2.14. The van der Waals surface area contributed by atoms with Crippen molar-refractivity contribution >= 4 is 0 Å². The van der Waals surface area contributed by atoms with Crippen molar-refractivity contribution in [3.63, 3.8) is 0 Å². The molecule has 0 bridgehead atoms. The molecule has 0 aliphatic carbocycles. The number of likely N-dealkylation sites (tertiary alicyclic amines) is 1. The number of nitrogens with zero attached hydrogens (tertiary/aromatic N) is 1. The van der Waals surface area contributed by atoms with Crippen molar-refractivity contribution in [3.05, 3.63) is 12.2 Å². The van der Waals surface area contributed by atoms with E-state index in [-0.39, 0.29) is 0 Å². The Balaban J connectivity index is 2.09. The van der Waals surface area contributed by atoms with Crippen LogP contribution in [-0.4, -0.2) is 43.8 Å². The van der Waals surface area contributed by atoms with Crippen LogP contribution in [-0.2, 0) is 4.74 Å². The summed E-state index contributed by atoms with van der Waals surface area (Å²) in [7, 11) is 0. The van der Waals surface area contributed by atoms with Crippen molar-refractivity contribution in [1.29, 1.82) is 0 Å². The normalized spacial score (nSPS) is 27.9. The van der Waals surface area contributed by atoms with Gasteiger partial charge in [0.1, 0.15) is 0 Å². The number of nitrogens with two attached hydrogens (primary N) is 1. The molecule has 1 saturated heterocycles. The molecular formula is C12H24N2O. The Hall–Kier alpha value is -0.380. The Morgan fingerprint density at radius 1 is 1.60 bits per heavy atom. The van der Waals surface area contributed by atoms with E-state index in [0.717, 1.165) is 38.2 Å². The summed E-state index contributed by atoms with van der Waals surface area (Å²) in [6.07, 6.45) is 1.11. The molecule has 0 aromatic carbocycles. The third kappa shape index (κ3) is 4.78. The highest BCUT2D eigenvalue weighted by Gasteiger charge is 2.22. The molecule has 0 spiro atoms. The second-order valence-electron chi connectivity index (χ2n) is 4.74. The van der Waals surface area contributed by atoms with Gasteiger partial charge < -0.3 is 15.4 Å². The van der Waals surface area contributed by atoms with Crippen molar-refractivity contribution < 1.29 is 4.74 Å². The van der Waals surface area contributed by atoms with E-state index >= 15 is 0 Å². The average molecular weight is 212 g/mol. The zero-order valence-electron chi connectivity index (χ0n) is 10.0. The van der Waals surface area contributed by atoms with E-state index in [1.165, 1.54) is 0 Å². The van der Waals surface area contributed by atoms with Gasteiger partial charge in [0, 0.05) is 19.1 Å². The van der Waals surface area contributed by atoms with E-state index in [1.807, 2.05) is 6.92 Å². The Bertz CT molecular complexity index is 206. The maximum absolute atomic E-state index is 5.97. The van der Waals surface area contributed by atoms with E-state index in [9.17, 15) is 0 Å². The largest absolute Gasteiger partial charge is 0.376 e. The number of hydrogen-bond donors (Lipinski definition) is 1. The first-order valence-corrected chi connectivity index (χ1v) is 5.79. The number of piperidine rings is 1. The van der Waals surface area contributed by atoms with Crippen LogP contribution >= 0.6 is 0 Å². The summed E-state index contributed by atoms with van der Waals surface area (Å²) < 4.78 is 5.49. The quantitative estimate of drug-likeness (QED) is 0.550. The first-order chi connectivity index (χ1) is 7.09. The summed E-state index contributed by atoms with van der Waals surface area (Å²) in [4.78, 5) is 2.44. The average Bonchev–Trinajstić information content (AvgIpc) is 2.18. The number of rotatable bonds is 5. The number of hydrogen-bond acceptors (Lipinski definition) is 3. The van der Waals surface area contributed by atoms with E-state index in [1.54, 1.807) is 0 Å². The molecule has 2 N–H and O–H groups in total. The molecule has 15 heavy (non-hydrogen) atoms. The fourth-order valence-electron chi connectivity index (χ4n) is 1.89. The highest BCUT2D eigenvalue weighted by atomic mass is 16.5. The zero-order valence-corrected chi connectivity index (χ0v) is 10.0. The Kier molecular flexibility index (Phi) is 5.29. The van der Waals surface area contributed by atoms with E-state index in [0.29, 0.717) is 18.6 Å². The first-order valence-electron chi connectivity index (χ1n) is 5.79. The SMILES string of the molecule is C=C(C)COCCN1CCC(N)C(C)C1. The molecular weight excluding hydrogens is 188 g/mol. The molecule has 0 radical (unpaired) electrons. The standard InChI is InChI=1S/C12H24N2O/c1-10(2)9-15-7-6-14-5-4-12(13)11(3)8-14/h11-12H,1,4-9,13H2,2-3H3. The molecule has 1 heterocycles. The van der Waals surface area contributed by atoms with Crippen LogP contribution in [0.3, 0.4) is 0 Å². The predicted molar refractivity (Wildman–Crippen MR) is 63.8 cm³/mol. The molecule has 1 fully saturated rings. The van der Waals surface area contributed by atoms with Crippen LogP contribution in [0.1, 0.15) is 20.3 Å². The second-order valence-corrected chi connectivity index (χ2v) is 4.74. The smallest absolute Gasteiger partial charge is 0.0672 e. The van der Waals surface area contributed by atoms with Crippen molar-refractivity contribution in [2.24, 2.45) is 11.7 Å². The maximum Gasteiger partial charge on any atom is 0.0672 e. The molecule has 2 atom stereocenters. The van der Waals surface area contributed by atoms with Crippen molar-refractivity contribution in [2.75, 3.05) is 32.8 Å². The summed E-state index contributed by atoms with van der Waals surface area (Å²) in [5.74, 6) is 0.611. The van der Waals surface area contributed by atoms with E-state index in [2.05, 4.69) is 18.4 Å². The molecule has 1 aliphatic rings. The van der Waals surface area contributed by atoms with Gasteiger partial charge in [0.15, 0.2) is 0 Å². The lowest BCUT2D eigenvalue weighted by atomic mass is 9.95. The molecule has 0 amide bonds. The molecule has 2 unspecified atom stereocenters. The molecule has 0 aromatic rings. The van der Waals surface area contributed by atoms with Gasteiger partial charge in [0.05, 0.1) is 13.2 Å². The first kappa shape index (κ1) is 12.7.